The van der Waals surface area contributed by atoms with Crippen LogP contribution in [0, 0.1) is 17.1 Å². The van der Waals surface area contributed by atoms with Gasteiger partial charge in [0, 0.05) is 11.5 Å². The van der Waals surface area contributed by atoms with Gasteiger partial charge in [0.05, 0.1) is 25.1 Å². The van der Waals surface area contributed by atoms with Crippen LogP contribution in [0.25, 0.3) is 11.1 Å². The van der Waals surface area contributed by atoms with Crippen LogP contribution in [-0.2, 0) is 11.2 Å². The molecule has 5 heteroatoms. The van der Waals surface area contributed by atoms with Crippen LogP contribution in [0.3, 0.4) is 0 Å². The van der Waals surface area contributed by atoms with Crippen molar-refractivity contribution in [3.05, 3.63) is 95.8 Å². The summed E-state index contributed by atoms with van der Waals surface area (Å²) >= 11 is 0. The monoisotopic (exact) mass is 400 g/mol. The molecule has 1 aliphatic rings. The maximum atomic E-state index is 14.0. The fourth-order valence-electron chi connectivity index (χ4n) is 4.19. The maximum Gasteiger partial charge on any atom is 0.228 e. The number of rotatable bonds is 5. The highest BCUT2D eigenvalue weighted by Gasteiger charge is 2.51. The summed E-state index contributed by atoms with van der Waals surface area (Å²) in [6.45, 7) is -0.224. The van der Waals surface area contributed by atoms with Crippen LogP contribution in [0.2, 0.25) is 0 Å². The molecule has 0 spiro atoms. The molecule has 4 rings (SSSR count). The largest absolute Gasteiger partial charge is 0.394 e. The van der Waals surface area contributed by atoms with Crippen LogP contribution >= 0.6 is 0 Å². The first-order valence-electron chi connectivity index (χ1n) is 9.84. The van der Waals surface area contributed by atoms with Crippen LogP contribution in [0.1, 0.15) is 17.0 Å². The van der Waals surface area contributed by atoms with E-state index in [0.717, 1.165) is 16.7 Å². The van der Waals surface area contributed by atoms with Crippen LogP contribution in [0.15, 0.2) is 78.9 Å². The van der Waals surface area contributed by atoms with Gasteiger partial charge in [0.25, 0.3) is 0 Å². The third-order valence-electron chi connectivity index (χ3n) is 5.70. The number of hydrogen-bond donors (Lipinski definition) is 1. The number of aliphatic hydroxyl groups excluding tert-OH is 1. The minimum absolute atomic E-state index is 0.175. The van der Waals surface area contributed by atoms with E-state index in [1.807, 2.05) is 54.6 Å². The van der Waals surface area contributed by atoms with Gasteiger partial charge in [-0.2, -0.15) is 5.26 Å². The average molecular weight is 400 g/mol. The summed E-state index contributed by atoms with van der Waals surface area (Å²) in [4.78, 5) is 14.3. The molecule has 0 unspecified atom stereocenters. The minimum atomic E-state index is -0.641. The molecule has 3 atom stereocenters. The molecule has 30 heavy (non-hydrogen) atoms. The zero-order valence-electron chi connectivity index (χ0n) is 16.3. The van der Waals surface area contributed by atoms with E-state index in [0.29, 0.717) is 5.56 Å². The molecule has 0 bridgehead atoms. The molecule has 0 radical (unpaired) electrons. The van der Waals surface area contributed by atoms with Gasteiger partial charge >= 0.3 is 0 Å². The Balaban J connectivity index is 1.55. The molecular weight excluding hydrogens is 379 g/mol. The Bertz CT molecular complexity index is 1080. The molecule has 1 N–H and O–H groups in total. The summed E-state index contributed by atoms with van der Waals surface area (Å²) < 4.78 is 14.0. The van der Waals surface area contributed by atoms with E-state index in [4.69, 9.17) is 0 Å². The van der Waals surface area contributed by atoms with Gasteiger partial charge in [-0.05, 0) is 22.8 Å². The highest BCUT2D eigenvalue weighted by Crippen LogP contribution is 2.41. The number of carbonyl (C=O) groups excluding carboxylic acids is 1. The van der Waals surface area contributed by atoms with E-state index in [2.05, 4.69) is 6.07 Å². The van der Waals surface area contributed by atoms with Gasteiger partial charge < -0.3 is 10.0 Å². The van der Waals surface area contributed by atoms with Crippen LogP contribution in [0.5, 0.6) is 0 Å². The third kappa shape index (κ3) is 3.58. The third-order valence-corrected chi connectivity index (χ3v) is 5.70. The topological polar surface area (TPSA) is 64.3 Å². The molecule has 1 heterocycles. The van der Waals surface area contributed by atoms with E-state index >= 15 is 0 Å². The van der Waals surface area contributed by atoms with Crippen molar-refractivity contribution in [2.24, 2.45) is 0 Å². The minimum Gasteiger partial charge on any atom is -0.394 e. The summed E-state index contributed by atoms with van der Waals surface area (Å²) in [7, 11) is 0. The number of carbonyl (C=O) groups is 1. The lowest BCUT2D eigenvalue weighted by molar-refractivity contribution is -0.146. The number of amides is 1. The van der Waals surface area contributed by atoms with E-state index < -0.39 is 12.1 Å². The highest BCUT2D eigenvalue weighted by molar-refractivity contribution is 5.81. The molecule has 1 fully saturated rings. The Morgan fingerprint density at radius 3 is 2.30 bits per heavy atom. The first kappa shape index (κ1) is 19.8. The SMILES string of the molecule is N#C[C@H]1[C@H](c2ccc(-c3ccccc3F)cc2)[C@@H](CO)N1C(=O)Cc1ccccc1. The fourth-order valence-corrected chi connectivity index (χ4v) is 4.19. The molecule has 1 amide bonds. The Morgan fingerprint density at radius 2 is 1.67 bits per heavy atom. The second kappa shape index (κ2) is 8.48. The average Bonchev–Trinajstić information content (AvgIpc) is 2.75. The van der Waals surface area contributed by atoms with Gasteiger partial charge in [0.15, 0.2) is 0 Å². The van der Waals surface area contributed by atoms with Crippen molar-refractivity contribution in [3.8, 4) is 17.2 Å². The van der Waals surface area contributed by atoms with E-state index in [1.54, 1.807) is 18.2 Å². The summed E-state index contributed by atoms with van der Waals surface area (Å²) in [5.41, 5.74) is 2.97. The number of aliphatic hydroxyl groups is 1. The predicted molar refractivity (Wildman–Crippen MR) is 112 cm³/mol. The summed E-state index contributed by atoms with van der Waals surface area (Å²) in [5, 5.41) is 19.6. The van der Waals surface area contributed by atoms with Crippen LogP contribution in [0.4, 0.5) is 4.39 Å². The van der Waals surface area contributed by atoms with Crippen molar-refractivity contribution in [2.75, 3.05) is 6.61 Å². The molecule has 4 nitrogen and oxygen atoms in total. The lowest BCUT2D eigenvalue weighted by atomic mass is 9.75. The molecule has 1 aliphatic heterocycles. The van der Waals surface area contributed by atoms with Gasteiger partial charge in [-0.15, -0.1) is 0 Å². The number of nitrogens with zero attached hydrogens (tertiary/aromatic N) is 2. The summed E-state index contributed by atoms with van der Waals surface area (Å²) in [6.07, 6.45) is 0.189. The highest BCUT2D eigenvalue weighted by atomic mass is 19.1. The smallest absolute Gasteiger partial charge is 0.228 e. The molecule has 0 saturated carbocycles. The first-order valence-corrected chi connectivity index (χ1v) is 9.84. The lowest BCUT2D eigenvalue weighted by Crippen LogP contribution is -2.65. The Labute approximate surface area is 174 Å². The van der Waals surface area contributed by atoms with E-state index in [-0.39, 0.29) is 30.7 Å². The molecule has 3 aromatic rings. The van der Waals surface area contributed by atoms with Gasteiger partial charge in [-0.25, -0.2) is 4.39 Å². The number of benzene rings is 3. The van der Waals surface area contributed by atoms with Gasteiger partial charge in [0.1, 0.15) is 11.9 Å². The quantitative estimate of drug-likeness (QED) is 0.706. The van der Waals surface area contributed by atoms with Gasteiger partial charge in [0.2, 0.25) is 5.91 Å². The lowest BCUT2D eigenvalue weighted by Gasteiger charge is -2.51. The van der Waals surface area contributed by atoms with E-state index in [1.165, 1.54) is 11.0 Å². The van der Waals surface area contributed by atoms with Crippen molar-refractivity contribution in [1.29, 1.82) is 5.26 Å². The number of nitriles is 1. The molecule has 3 aromatic carbocycles. The number of halogens is 1. The second-order valence-electron chi connectivity index (χ2n) is 7.41. The first-order chi connectivity index (χ1) is 14.6. The van der Waals surface area contributed by atoms with Crippen molar-refractivity contribution < 1.29 is 14.3 Å². The molecule has 150 valence electrons. The standard InChI is InChI=1S/C25H21FN2O2/c26-21-9-5-4-8-20(21)18-10-12-19(13-11-18)25-22(15-27)28(23(25)16-29)24(30)14-17-6-2-1-3-7-17/h1-13,22-23,25,29H,14,16H2/t22-,23+,25-/m0/s1. The fraction of sp³-hybridized carbons (Fsp3) is 0.200. The Morgan fingerprint density at radius 1 is 1.00 bits per heavy atom. The van der Waals surface area contributed by atoms with Crippen LogP contribution < -0.4 is 0 Å². The summed E-state index contributed by atoms with van der Waals surface area (Å²) in [5.74, 6) is -0.755. The number of likely N-dealkylation sites (tertiary alicyclic amines) is 1. The Kier molecular flexibility index (Phi) is 5.60. The van der Waals surface area contributed by atoms with Crippen LogP contribution in [-0.4, -0.2) is 34.6 Å². The molecule has 1 saturated heterocycles. The van der Waals surface area contributed by atoms with E-state index in [9.17, 15) is 19.6 Å². The zero-order chi connectivity index (χ0) is 21.1. The molecule has 0 aliphatic carbocycles. The number of hydrogen-bond acceptors (Lipinski definition) is 3. The predicted octanol–water partition coefficient (Wildman–Crippen LogP) is 3.91. The molecule has 0 aromatic heterocycles. The zero-order valence-corrected chi connectivity index (χ0v) is 16.3. The van der Waals surface area contributed by atoms with Crippen molar-refractivity contribution in [1.82, 2.24) is 4.90 Å². The summed E-state index contributed by atoms with van der Waals surface area (Å²) in [6, 6.07) is 24.3. The van der Waals surface area contributed by atoms with Gasteiger partial charge in [-0.3, -0.25) is 4.79 Å². The molecular formula is C25H21FN2O2. The Hall–Kier alpha value is -3.49. The normalized spacial score (nSPS) is 20.3. The van der Waals surface area contributed by atoms with Crippen molar-refractivity contribution >= 4 is 5.91 Å². The maximum absolute atomic E-state index is 14.0. The van der Waals surface area contributed by atoms with Gasteiger partial charge in [-0.1, -0.05) is 72.8 Å². The second-order valence-corrected chi connectivity index (χ2v) is 7.41. The van der Waals surface area contributed by atoms with Crippen molar-refractivity contribution in [2.45, 2.75) is 24.4 Å². The van der Waals surface area contributed by atoms with Crippen molar-refractivity contribution in [3.63, 3.8) is 0 Å².